The predicted molar refractivity (Wildman–Crippen MR) is 38.4 cm³/mol. The van der Waals surface area contributed by atoms with Crippen molar-refractivity contribution in [2.75, 3.05) is 7.11 Å². The van der Waals surface area contributed by atoms with E-state index in [0.29, 0.717) is 5.57 Å². The molecule has 0 aromatic carbocycles. The Kier molecular flexibility index (Phi) is 1.35. The second-order valence-electron chi connectivity index (χ2n) is 2.86. The Balaban J connectivity index is 2.43. The van der Waals surface area contributed by atoms with Gasteiger partial charge < -0.3 is 9.47 Å². The molecule has 0 saturated carbocycles. The lowest BCUT2D eigenvalue weighted by Crippen LogP contribution is -2.27. The molecule has 0 N–H and O–H groups in total. The molecule has 2 atom stereocenters. The van der Waals surface area contributed by atoms with Crippen LogP contribution in [0, 0.1) is 0 Å². The highest BCUT2D eigenvalue weighted by molar-refractivity contribution is 6.17. The molecular weight excluding hydrogens is 160 g/mol. The monoisotopic (exact) mass is 168 g/mol. The van der Waals surface area contributed by atoms with Crippen molar-refractivity contribution in [3.8, 4) is 0 Å². The Labute approximate surface area is 69.1 Å². The van der Waals surface area contributed by atoms with Crippen molar-refractivity contribution in [3.63, 3.8) is 0 Å². The van der Waals surface area contributed by atoms with Gasteiger partial charge in [-0.25, -0.2) is 0 Å². The van der Waals surface area contributed by atoms with E-state index in [-0.39, 0.29) is 17.3 Å². The van der Waals surface area contributed by atoms with Gasteiger partial charge in [-0.3, -0.25) is 9.59 Å². The number of ketones is 2. The Morgan fingerprint density at radius 3 is 2.42 bits per heavy atom. The number of fused-ring (bicyclic) bond motifs is 1. The summed E-state index contributed by atoms with van der Waals surface area (Å²) in [5.41, 5.74) is 0.376. The zero-order valence-corrected chi connectivity index (χ0v) is 6.79. The van der Waals surface area contributed by atoms with Crippen LogP contribution in [-0.2, 0) is 19.1 Å². The first kappa shape index (κ1) is 7.49. The number of hydrogen-bond donors (Lipinski definition) is 0. The molecule has 4 heteroatoms. The summed E-state index contributed by atoms with van der Waals surface area (Å²) in [7, 11) is 1.38. The quantitative estimate of drug-likeness (QED) is 0.510. The molecule has 1 saturated heterocycles. The van der Waals surface area contributed by atoms with Crippen molar-refractivity contribution in [2.24, 2.45) is 0 Å². The lowest BCUT2D eigenvalue weighted by atomic mass is 9.97. The minimum Gasteiger partial charge on any atom is -0.493 e. The van der Waals surface area contributed by atoms with Crippen LogP contribution in [0.5, 0.6) is 0 Å². The van der Waals surface area contributed by atoms with Crippen molar-refractivity contribution in [2.45, 2.75) is 19.1 Å². The first-order valence-electron chi connectivity index (χ1n) is 3.65. The third-order valence-corrected chi connectivity index (χ3v) is 2.15. The number of epoxide rings is 1. The standard InChI is InChI=1S/C8H8O4/c1-3-4(9)7-8(12-7)5(10)6(3)11-2/h7-8H,1-2H3/t7-,8+/m0/s1. The summed E-state index contributed by atoms with van der Waals surface area (Å²) in [6.07, 6.45) is -1.08. The van der Waals surface area contributed by atoms with Gasteiger partial charge in [0.05, 0.1) is 7.11 Å². The summed E-state index contributed by atoms with van der Waals surface area (Å²) in [5.74, 6) is -0.185. The largest absolute Gasteiger partial charge is 0.493 e. The minimum absolute atomic E-state index is 0.128. The SMILES string of the molecule is COC1=C(C)C(=O)[C@@H]2O[C@@H]2C1=O. The maximum absolute atomic E-state index is 11.3. The van der Waals surface area contributed by atoms with E-state index in [2.05, 4.69) is 0 Å². The number of carbonyl (C=O) groups excluding carboxylic acids is 2. The fraction of sp³-hybridized carbons (Fsp3) is 0.500. The van der Waals surface area contributed by atoms with Crippen LogP contribution in [0.1, 0.15) is 6.92 Å². The fourth-order valence-corrected chi connectivity index (χ4v) is 1.40. The molecule has 0 radical (unpaired) electrons. The van der Waals surface area contributed by atoms with Crippen LogP contribution in [0.15, 0.2) is 11.3 Å². The molecule has 1 fully saturated rings. The third kappa shape index (κ3) is 0.754. The number of ether oxygens (including phenoxy) is 2. The highest BCUT2D eigenvalue weighted by atomic mass is 16.6. The second kappa shape index (κ2) is 2.17. The first-order valence-corrected chi connectivity index (χ1v) is 3.65. The average molecular weight is 168 g/mol. The van der Waals surface area contributed by atoms with Gasteiger partial charge in [0.15, 0.2) is 23.8 Å². The lowest BCUT2D eigenvalue weighted by Gasteiger charge is -2.10. The van der Waals surface area contributed by atoms with Crippen molar-refractivity contribution in [3.05, 3.63) is 11.3 Å². The van der Waals surface area contributed by atoms with Crippen molar-refractivity contribution >= 4 is 11.6 Å². The molecule has 2 aliphatic rings. The van der Waals surface area contributed by atoms with E-state index in [1.807, 2.05) is 0 Å². The van der Waals surface area contributed by atoms with Crippen LogP contribution < -0.4 is 0 Å². The molecule has 0 spiro atoms. The van der Waals surface area contributed by atoms with E-state index in [9.17, 15) is 9.59 Å². The molecule has 0 aromatic heterocycles. The minimum atomic E-state index is -0.559. The predicted octanol–water partition coefficient (Wildman–Crippen LogP) is -0.174. The Hall–Kier alpha value is -1.16. The summed E-state index contributed by atoms with van der Waals surface area (Å²) in [5, 5.41) is 0. The van der Waals surface area contributed by atoms with Gasteiger partial charge in [0.2, 0.25) is 5.78 Å². The normalized spacial score (nSPS) is 33.5. The van der Waals surface area contributed by atoms with Gasteiger partial charge >= 0.3 is 0 Å². The smallest absolute Gasteiger partial charge is 0.229 e. The van der Waals surface area contributed by atoms with Gasteiger partial charge in [0.1, 0.15) is 0 Å². The second-order valence-corrected chi connectivity index (χ2v) is 2.86. The molecule has 0 aromatic rings. The number of carbonyl (C=O) groups is 2. The number of methoxy groups -OCH3 is 1. The van der Waals surface area contributed by atoms with Crippen LogP contribution in [-0.4, -0.2) is 30.9 Å². The van der Waals surface area contributed by atoms with Crippen molar-refractivity contribution in [1.29, 1.82) is 0 Å². The van der Waals surface area contributed by atoms with Crippen molar-refractivity contribution in [1.82, 2.24) is 0 Å². The zero-order chi connectivity index (χ0) is 8.88. The molecule has 2 rings (SSSR count). The molecule has 0 unspecified atom stereocenters. The highest BCUT2D eigenvalue weighted by Gasteiger charge is 2.55. The van der Waals surface area contributed by atoms with E-state index in [1.54, 1.807) is 6.92 Å². The van der Waals surface area contributed by atoms with Crippen molar-refractivity contribution < 1.29 is 19.1 Å². The third-order valence-electron chi connectivity index (χ3n) is 2.15. The van der Waals surface area contributed by atoms with E-state index in [0.717, 1.165) is 0 Å². The molecule has 0 amide bonds. The van der Waals surface area contributed by atoms with Gasteiger partial charge in [-0.15, -0.1) is 0 Å². The van der Waals surface area contributed by atoms with Crippen LogP contribution >= 0.6 is 0 Å². The lowest BCUT2D eigenvalue weighted by molar-refractivity contribution is -0.122. The van der Waals surface area contributed by atoms with E-state index >= 15 is 0 Å². The summed E-state index contributed by atoms with van der Waals surface area (Å²) in [6.45, 7) is 1.58. The van der Waals surface area contributed by atoms with Gasteiger partial charge in [-0.2, -0.15) is 0 Å². The Morgan fingerprint density at radius 2 is 1.83 bits per heavy atom. The number of hydrogen-bond acceptors (Lipinski definition) is 4. The van der Waals surface area contributed by atoms with E-state index in [1.165, 1.54) is 7.11 Å². The maximum Gasteiger partial charge on any atom is 0.229 e. The van der Waals surface area contributed by atoms with Crippen LogP contribution in [0.4, 0.5) is 0 Å². The van der Waals surface area contributed by atoms with E-state index < -0.39 is 12.2 Å². The molecule has 12 heavy (non-hydrogen) atoms. The molecule has 1 aliphatic heterocycles. The fourth-order valence-electron chi connectivity index (χ4n) is 1.40. The summed E-state index contributed by atoms with van der Waals surface area (Å²) < 4.78 is 9.70. The van der Waals surface area contributed by atoms with E-state index in [4.69, 9.17) is 9.47 Å². The topological polar surface area (TPSA) is 55.9 Å². The van der Waals surface area contributed by atoms with Gasteiger partial charge in [0.25, 0.3) is 0 Å². The number of rotatable bonds is 1. The molecule has 64 valence electrons. The van der Waals surface area contributed by atoms with Gasteiger partial charge in [-0.05, 0) is 6.92 Å². The van der Waals surface area contributed by atoms with Gasteiger partial charge in [-0.1, -0.05) is 0 Å². The summed E-state index contributed by atoms with van der Waals surface area (Å²) in [4.78, 5) is 22.6. The molecule has 1 heterocycles. The Morgan fingerprint density at radius 1 is 1.25 bits per heavy atom. The zero-order valence-electron chi connectivity index (χ0n) is 6.79. The number of Topliss-reactive ketones (excluding diaryl/α,β-unsaturated/α-hetero) is 2. The molecule has 4 nitrogen and oxygen atoms in total. The molecular formula is C8H8O4. The summed E-state index contributed by atoms with van der Waals surface area (Å²) >= 11 is 0. The highest BCUT2D eigenvalue weighted by Crippen LogP contribution is 2.34. The summed E-state index contributed by atoms with van der Waals surface area (Å²) in [6, 6.07) is 0. The van der Waals surface area contributed by atoms with Gasteiger partial charge in [0, 0.05) is 5.57 Å². The average Bonchev–Trinajstić information content (AvgIpc) is 2.81. The Bertz CT molecular complexity index is 302. The first-order chi connectivity index (χ1) is 5.66. The van der Waals surface area contributed by atoms with Crippen LogP contribution in [0.3, 0.4) is 0 Å². The van der Waals surface area contributed by atoms with Crippen LogP contribution in [0.2, 0.25) is 0 Å². The maximum atomic E-state index is 11.3. The molecule has 1 aliphatic carbocycles. The molecule has 0 bridgehead atoms. The van der Waals surface area contributed by atoms with Crippen LogP contribution in [0.25, 0.3) is 0 Å².